The van der Waals surface area contributed by atoms with Crippen LogP contribution in [0.2, 0.25) is 0 Å². The predicted octanol–water partition coefficient (Wildman–Crippen LogP) is 3.41. The quantitative estimate of drug-likeness (QED) is 0.832. The summed E-state index contributed by atoms with van der Waals surface area (Å²) in [5, 5.41) is 2.00. The number of alkyl halides is 3. The molecular weight excluding hydrogens is 345 g/mol. The van der Waals surface area contributed by atoms with Gasteiger partial charge in [-0.3, -0.25) is 9.69 Å². The van der Waals surface area contributed by atoms with Gasteiger partial charge in [0, 0.05) is 12.1 Å². The molecule has 0 spiro atoms. The largest absolute Gasteiger partial charge is 0.497 e. The van der Waals surface area contributed by atoms with E-state index in [0.29, 0.717) is 0 Å². The molecule has 0 radical (unpaired) electrons. The maximum Gasteiger partial charge on any atom is 0.471 e. The molecule has 0 saturated carbocycles. The number of nitrogens with zero attached hydrogens (tertiary/aromatic N) is 1. The molecule has 1 aliphatic heterocycles. The molecule has 1 fully saturated rings. The fourth-order valence-corrected chi connectivity index (χ4v) is 3.47. The van der Waals surface area contributed by atoms with E-state index in [-0.39, 0.29) is 18.0 Å². The molecule has 1 amide bonds. The lowest BCUT2D eigenvalue weighted by atomic mass is 9.88. The predicted molar refractivity (Wildman–Crippen MR) is 94.1 cm³/mol. The third-order valence-corrected chi connectivity index (χ3v) is 5.05. The van der Waals surface area contributed by atoms with Crippen molar-refractivity contribution in [1.82, 2.24) is 10.2 Å². The van der Waals surface area contributed by atoms with Crippen LogP contribution in [0, 0.1) is 5.92 Å². The van der Waals surface area contributed by atoms with Crippen LogP contribution in [-0.2, 0) is 11.2 Å². The van der Waals surface area contributed by atoms with Crippen molar-refractivity contribution in [1.29, 1.82) is 0 Å². The zero-order valence-electron chi connectivity index (χ0n) is 15.5. The number of benzene rings is 1. The number of halogens is 3. The molecule has 7 heteroatoms. The van der Waals surface area contributed by atoms with E-state index in [0.717, 1.165) is 38.1 Å². The van der Waals surface area contributed by atoms with Gasteiger partial charge in [0.05, 0.1) is 7.11 Å². The number of ether oxygens (including phenoxy) is 1. The monoisotopic (exact) mass is 372 g/mol. The number of nitrogens with one attached hydrogen (secondary N) is 1. The van der Waals surface area contributed by atoms with Crippen molar-refractivity contribution in [2.75, 3.05) is 26.7 Å². The summed E-state index contributed by atoms with van der Waals surface area (Å²) >= 11 is 0. The van der Waals surface area contributed by atoms with Gasteiger partial charge in [-0.1, -0.05) is 12.1 Å². The summed E-state index contributed by atoms with van der Waals surface area (Å²) in [6.07, 6.45) is -2.39. The molecule has 146 valence electrons. The normalized spacial score (nSPS) is 17.2. The molecule has 26 heavy (non-hydrogen) atoms. The number of rotatable bonds is 6. The van der Waals surface area contributed by atoms with E-state index in [1.165, 1.54) is 5.56 Å². The Morgan fingerprint density at radius 3 is 2.50 bits per heavy atom. The van der Waals surface area contributed by atoms with E-state index < -0.39 is 12.1 Å². The molecule has 4 nitrogen and oxygen atoms in total. The Morgan fingerprint density at radius 2 is 1.92 bits per heavy atom. The van der Waals surface area contributed by atoms with Gasteiger partial charge in [-0.05, 0) is 69.8 Å². The highest BCUT2D eigenvalue weighted by Gasteiger charge is 2.39. The fourth-order valence-electron chi connectivity index (χ4n) is 3.47. The van der Waals surface area contributed by atoms with Crippen molar-refractivity contribution in [2.24, 2.45) is 5.92 Å². The van der Waals surface area contributed by atoms with Crippen molar-refractivity contribution in [2.45, 2.75) is 44.8 Å². The Bertz CT molecular complexity index is 609. The first-order chi connectivity index (χ1) is 12.1. The first-order valence-electron chi connectivity index (χ1n) is 8.85. The van der Waals surface area contributed by atoms with Crippen LogP contribution in [0.4, 0.5) is 13.2 Å². The van der Waals surface area contributed by atoms with Crippen molar-refractivity contribution in [3.05, 3.63) is 29.8 Å². The highest BCUT2D eigenvalue weighted by molar-refractivity contribution is 5.81. The lowest BCUT2D eigenvalue weighted by molar-refractivity contribution is -0.173. The van der Waals surface area contributed by atoms with Crippen LogP contribution >= 0.6 is 0 Å². The number of carbonyl (C=O) groups excluding carboxylic acids is 1. The minimum atomic E-state index is -4.81. The van der Waals surface area contributed by atoms with Gasteiger partial charge < -0.3 is 10.1 Å². The average molecular weight is 372 g/mol. The highest BCUT2D eigenvalue weighted by atomic mass is 19.4. The molecule has 1 heterocycles. The van der Waals surface area contributed by atoms with Crippen LogP contribution in [0.5, 0.6) is 5.75 Å². The second-order valence-corrected chi connectivity index (χ2v) is 7.48. The molecule has 1 aromatic carbocycles. The minimum absolute atomic E-state index is 0.0629. The summed E-state index contributed by atoms with van der Waals surface area (Å²) in [5.74, 6) is -0.930. The van der Waals surface area contributed by atoms with Crippen molar-refractivity contribution in [3.63, 3.8) is 0 Å². The molecule has 0 unspecified atom stereocenters. The molecule has 1 N–H and O–H groups in total. The first kappa shape index (κ1) is 20.6. The molecule has 0 aliphatic carbocycles. The van der Waals surface area contributed by atoms with Crippen LogP contribution in [-0.4, -0.2) is 49.3 Å². The zero-order chi connectivity index (χ0) is 19.4. The zero-order valence-corrected chi connectivity index (χ0v) is 15.5. The summed E-state index contributed by atoms with van der Waals surface area (Å²) in [6.45, 7) is 6.06. The van der Waals surface area contributed by atoms with E-state index >= 15 is 0 Å². The van der Waals surface area contributed by atoms with Crippen LogP contribution in [0.25, 0.3) is 0 Å². The van der Waals surface area contributed by atoms with Gasteiger partial charge in [-0.25, -0.2) is 0 Å². The Balaban J connectivity index is 1.84. The summed E-state index contributed by atoms with van der Waals surface area (Å²) in [5.41, 5.74) is 1.13. The van der Waals surface area contributed by atoms with Crippen molar-refractivity contribution in [3.8, 4) is 5.75 Å². The van der Waals surface area contributed by atoms with Gasteiger partial charge in [-0.2, -0.15) is 13.2 Å². The maximum absolute atomic E-state index is 12.3. The number of carbonyl (C=O) groups is 1. The Labute approximate surface area is 152 Å². The second kappa shape index (κ2) is 8.29. The number of piperidine rings is 1. The van der Waals surface area contributed by atoms with Gasteiger partial charge in [-0.15, -0.1) is 0 Å². The minimum Gasteiger partial charge on any atom is -0.497 e. The van der Waals surface area contributed by atoms with E-state index in [4.69, 9.17) is 4.74 Å². The van der Waals surface area contributed by atoms with Crippen LogP contribution < -0.4 is 10.1 Å². The molecule has 2 rings (SSSR count). The van der Waals surface area contributed by atoms with Crippen LogP contribution in [0.1, 0.15) is 32.3 Å². The Hall–Kier alpha value is -1.76. The Kier molecular flexibility index (Phi) is 6.55. The second-order valence-electron chi connectivity index (χ2n) is 7.48. The number of likely N-dealkylation sites (tertiary alicyclic amines) is 1. The lowest BCUT2D eigenvalue weighted by Gasteiger charge is -2.43. The average Bonchev–Trinajstić information content (AvgIpc) is 2.59. The highest BCUT2D eigenvalue weighted by Crippen LogP contribution is 2.28. The third-order valence-electron chi connectivity index (χ3n) is 5.05. The van der Waals surface area contributed by atoms with Crippen LogP contribution in [0.15, 0.2) is 24.3 Å². The van der Waals surface area contributed by atoms with Gasteiger partial charge in [0.1, 0.15) is 5.75 Å². The van der Waals surface area contributed by atoms with E-state index in [2.05, 4.69) is 24.8 Å². The van der Waals surface area contributed by atoms with E-state index in [1.54, 1.807) is 7.11 Å². The van der Waals surface area contributed by atoms with E-state index in [1.807, 2.05) is 23.5 Å². The van der Waals surface area contributed by atoms with E-state index in [9.17, 15) is 18.0 Å². The smallest absolute Gasteiger partial charge is 0.471 e. The summed E-state index contributed by atoms with van der Waals surface area (Å²) in [6, 6.07) is 7.99. The molecule has 0 atom stereocenters. The van der Waals surface area contributed by atoms with Gasteiger partial charge >= 0.3 is 12.1 Å². The standard InChI is InChI=1S/C19H27F3N2O2/c1-18(2,12-15-5-4-6-16(11-15)26-3)24-9-7-14(8-10-24)13-23-17(25)19(20,21)22/h4-6,11,14H,7-10,12-13H2,1-3H3,(H,23,25). The number of hydrogen-bond acceptors (Lipinski definition) is 3. The number of amides is 1. The number of methoxy groups -OCH3 is 1. The topological polar surface area (TPSA) is 41.6 Å². The molecule has 1 aromatic rings. The van der Waals surface area contributed by atoms with Gasteiger partial charge in [0.25, 0.3) is 0 Å². The maximum atomic E-state index is 12.3. The number of hydrogen-bond donors (Lipinski definition) is 1. The van der Waals surface area contributed by atoms with Crippen LogP contribution in [0.3, 0.4) is 0 Å². The summed E-state index contributed by atoms with van der Waals surface area (Å²) < 4.78 is 42.0. The lowest BCUT2D eigenvalue weighted by Crippen LogP contribution is -2.50. The molecule has 0 aromatic heterocycles. The van der Waals surface area contributed by atoms with Crippen molar-refractivity contribution >= 4 is 5.91 Å². The molecular formula is C19H27F3N2O2. The van der Waals surface area contributed by atoms with Gasteiger partial charge in [0.15, 0.2) is 0 Å². The fraction of sp³-hybridized carbons (Fsp3) is 0.632. The Morgan fingerprint density at radius 1 is 1.27 bits per heavy atom. The summed E-state index contributed by atoms with van der Waals surface area (Å²) in [4.78, 5) is 13.3. The molecule has 0 bridgehead atoms. The molecule has 1 aliphatic rings. The van der Waals surface area contributed by atoms with Gasteiger partial charge in [0.2, 0.25) is 0 Å². The third kappa shape index (κ3) is 5.62. The summed E-state index contributed by atoms with van der Waals surface area (Å²) in [7, 11) is 1.65. The first-order valence-corrected chi connectivity index (χ1v) is 8.85. The van der Waals surface area contributed by atoms with Crippen molar-refractivity contribution < 1.29 is 22.7 Å². The molecule has 1 saturated heterocycles. The SMILES string of the molecule is COc1cccc(CC(C)(C)N2CCC(CNC(=O)C(F)(F)F)CC2)c1.